The zero-order valence-electron chi connectivity index (χ0n) is 18.1. The zero-order chi connectivity index (χ0) is 23.4. The quantitative estimate of drug-likeness (QED) is 0.602. The number of hydrogen-bond donors (Lipinski definition) is 1. The summed E-state index contributed by atoms with van der Waals surface area (Å²) >= 11 is 0. The number of nitrogens with one attached hydrogen (secondary N) is 1. The molecular weight excluding hydrogens is 435 g/mol. The van der Waals surface area contributed by atoms with Gasteiger partial charge in [-0.1, -0.05) is 30.3 Å². The molecule has 0 spiro atoms. The maximum atomic E-state index is 13.0. The molecule has 0 saturated carbocycles. The Morgan fingerprint density at radius 1 is 1.15 bits per heavy atom. The SMILES string of the molecule is COc1nc(C(=O)NCC(c2ccc(C(F)(F)F)cc2)N2CCOCC2)cc2ccccc12. The van der Waals surface area contributed by atoms with Crippen molar-refractivity contribution in [3.05, 3.63) is 71.4 Å². The first-order valence-corrected chi connectivity index (χ1v) is 10.6. The lowest BCUT2D eigenvalue weighted by atomic mass is 10.0. The van der Waals surface area contributed by atoms with E-state index in [4.69, 9.17) is 9.47 Å². The molecule has 3 aromatic rings. The molecule has 1 aliphatic rings. The molecule has 4 rings (SSSR count). The molecule has 2 heterocycles. The van der Waals surface area contributed by atoms with Crippen molar-refractivity contribution in [3.63, 3.8) is 0 Å². The summed E-state index contributed by atoms with van der Waals surface area (Å²) in [7, 11) is 1.50. The fourth-order valence-electron chi connectivity index (χ4n) is 3.96. The highest BCUT2D eigenvalue weighted by Crippen LogP contribution is 2.31. The van der Waals surface area contributed by atoms with Gasteiger partial charge in [-0.25, -0.2) is 4.98 Å². The number of ether oxygens (including phenoxy) is 2. The first kappa shape index (κ1) is 23.0. The summed E-state index contributed by atoms with van der Waals surface area (Å²) in [5, 5.41) is 4.51. The van der Waals surface area contributed by atoms with Crippen LogP contribution < -0.4 is 10.1 Å². The molecule has 0 aliphatic carbocycles. The van der Waals surface area contributed by atoms with Gasteiger partial charge in [-0.15, -0.1) is 0 Å². The molecule has 2 aromatic carbocycles. The van der Waals surface area contributed by atoms with Gasteiger partial charge < -0.3 is 14.8 Å². The standard InChI is InChI=1S/C24H24F3N3O3/c1-32-23-19-5-3-2-4-17(19)14-20(29-23)22(31)28-15-21(30-10-12-33-13-11-30)16-6-8-18(9-7-16)24(25,26)27/h2-9,14,21H,10-13,15H2,1H3,(H,28,31). The molecule has 9 heteroatoms. The van der Waals surface area contributed by atoms with Crippen LogP contribution in [0.1, 0.15) is 27.7 Å². The summed E-state index contributed by atoms with van der Waals surface area (Å²) in [5.41, 5.74) is 0.191. The number of aromatic nitrogens is 1. The first-order chi connectivity index (χ1) is 15.9. The molecular formula is C24H24F3N3O3. The van der Waals surface area contributed by atoms with E-state index in [9.17, 15) is 18.0 Å². The van der Waals surface area contributed by atoms with Gasteiger partial charge in [0.2, 0.25) is 5.88 Å². The Morgan fingerprint density at radius 2 is 1.85 bits per heavy atom. The van der Waals surface area contributed by atoms with E-state index < -0.39 is 11.7 Å². The monoisotopic (exact) mass is 459 g/mol. The number of morpholine rings is 1. The van der Waals surface area contributed by atoms with Crippen LogP contribution in [0, 0.1) is 0 Å². The minimum atomic E-state index is -4.40. The molecule has 1 amide bonds. The van der Waals surface area contributed by atoms with E-state index in [1.54, 1.807) is 6.07 Å². The third kappa shape index (κ3) is 5.26. The minimum Gasteiger partial charge on any atom is -0.481 e. The van der Waals surface area contributed by atoms with Gasteiger partial charge >= 0.3 is 6.18 Å². The van der Waals surface area contributed by atoms with Gasteiger partial charge in [-0.2, -0.15) is 13.2 Å². The van der Waals surface area contributed by atoms with Gasteiger partial charge in [0.15, 0.2) is 0 Å². The summed E-state index contributed by atoms with van der Waals surface area (Å²) in [6.07, 6.45) is -4.40. The van der Waals surface area contributed by atoms with Crippen LogP contribution >= 0.6 is 0 Å². The first-order valence-electron chi connectivity index (χ1n) is 10.6. The number of hydrogen-bond acceptors (Lipinski definition) is 5. The van der Waals surface area contributed by atoms with E-state index in [1.165, 1.54) is 19.2 Å². The molecule has 1 saturated heterocycles. The van der Waals surface area contributed by atoms with Crippen molar-refractivity contribution in [2.75, 3.05) is 40.0 Å². The number of benzene rings is 2. The number of pyridine rings is 1. The lowest BCUT2D eigenvalue weighted by molar-refractivity contribution is -0.137. The molecule has 1 aromatic heterocycles. The largest absolute Gasteiger partial charge is 0.481 e. The topological polar surface area (TPSA) is 63.7 Å². The third-order valence-corrected chi connectivity index (χ3v) is 5.70. The normalized spacial score (nSPS) is 15.9. The lowest BCUT2D eigenvalue weighted by Gasteiger charge is -2.35. The van der Waals surface area contributed by atoms with Crippen molar-refractivity contribution in [3.8, 4) is 5.88 Å². The zero-order valence-corrected chi connectivity index (χ0v) is 18.1. The Morgan fingerprint density at radius 3 is 2.52 bits per heavy atom. The highest BCUT2D eigenvalue weighted by molar-refractivity contribution is 5.98. The maximum Gasteiger partial charge on any atom is 0.416 e. The Kier molecular flexibility index (Phi) is 6.80. The smallest absolute Gasteiger partial charge is 0.416 e. The highest BCUT2D eigenvalue weighted by Gasteiger charge is 2.31. The lowest BCUT2D eigenvalue weighted by Crippen LogP contribution is -2.44. The van der Waals surface area contributed by atoms with Crippen LogP contribution in [0.5, 0.6) is 5.88 Å². The number of carbonyl (C=O) groups is 1. The summed E-state index contributed by atoms with van der Waals surface area (Å²) in [6, 6.07) is 13.9. The Balaban J connectivity index is 1.55. The van der Waals surface area contributed by atoms with E-state index in [1.807, 2.05) is 24.3 Å². The second kappa shape index (κ2) is 9.76. The predicted octanol–water partition coefficient (Wildman–Crippen LogP) is 4.07. The van der Waals surface area contributed by atoms with Crippen LogP contribution in [0.25, 0.3) is 10.8 Å². The van der Waals surface area contributed by atoms with Gasteiger partial charge in [-0.05, 0) is 35.2 Å². The molecule has 6 nitrogen and oxygen atoms in total. The van der Waals surface area contributed by atoms with Gasteiger partial charge in [0.25, 0.3) is 5.91 Å². The van der Waals surface area contributed by atoms with Crippen LogP contribution in [0.15, 0.2) is 54.6 Å². The Bertz CT molecular complexity index is 1110. The van der Waals surface area contributed by atoms with Crippen LogP contribution in [0.4, 0.5) is 13.2 Å². The van der Waals surface area contributed by atoms with E-state index in [0.29, 0.717) is 37.7 Å². The summed E-state index contributed by atoms with van der Waals surface area (Å²) in [6.45, 7) is 2.48. The van der Waals surface area contributed by atoms with Crippen molar-refractivity contribution in [1.82, 2.24) is 15.2 Å². The Hall–Kier alpha value is -3.17. The third-order valence-electron chi connectivity index (χ3n) is 5.70. The minimum absolute atomic E-state index is 0.207. The summed E-state index contributed by atoms with van der Waals surface area (Å²) in [4.78, 5) is 19.4. The van der Waals surface area contributed by atoms with Gasteiger partial charge in [0, 0.05) is 25.0 Å². The molecule has 0 bridgehead atoms. The van der Waals surface area contributed by atoms with Gasteiger partial charge in [0.05, 0.1) is 31.9 Å². The van der Waals surface area contributed by atoms with Crippen LogP contribution in [-0.2, 0) is 10.9 Å². The number of alkyl halides is 3. The van der Waals surface area contributed by atoms with E-state index in [2.05, 4.69) is 15.2 Å². The van der Waals surface area contributed by atoms with Crippen molar-refractivity contribution in [2.45, 2.75) is 12.2 Å². The number of nitrogens with zero attached hydrogens (tertiary/aromatic N) is 2. The second-order valence-electron chi connectivity index (χ2n) is 7.73. The molecule has 1 aliphatic heterocycles. The van der Waals surface area contributed by atoms with Crippen molar-refractivity contribution < 1.29 is 27.4 Å². The van der Waals surface area contributed by atoms with Crippen molar-refractivity contribution >= 4 is 16.7 Å². The number of methoxy groups -OCH3 is 1. The second-order valence-corrected chi connectivity index (χ2v) is 7.73. The molecule has 1 N–H and O–H groups in total. The fraction of sp³-hybridized carbons (Fsp3) is 0.333. The molecule has 1 unspecified atom stereocenters. The molecule has 33 heavy (non-hydrogen) atoms. The van der Waals surface area contributed by atoms with E-state index in [0.717, 1.165) is 22.9 Å². The van der Waals surface area contributed by atoms with E-state index in [-0.39, 0.29) is 24.2 Å². The average Bonchev–Trinajstić information content (AvgIpc) is 2.83. The van der Waals surface area contributed by atoms with Crippen LogP contribution in [-0.4, -0.2) is 55.7 Å². The van der Waals surface area contributed by atoms with E-state index >= 15 is 0 Å². The number of rotatable bonds is 6. The fourth-order valence-corrected chi connectivity index (χ4v) is 3.96. The number of halogens is 3. The molecule has 0 radical (unpaired) electrons. The number of amides is 1. The van der Waals surface area contributed by atoms with Crippen LogP contribution in [0.3, 0.4) is 0 Å². The van der Waals surface area contributed by atoms with Gasteiger partial charge in [0.1, 0.15) is 5.69 Å². The van der Waals surface area contributed by atoms with Crippen molar-refractivity contribution in [2.24, 2.45) is 0 Å². The maximum absolute atomic E-state index is 13.0. The molecule has 1 fully saturated rings. The van der Waals surface area contributed by atoms with Crippen LogP contribution in [0.2, 0.25) is 0 Å². The highest BCUT2D eigenvalue weighted by atomic mass is 19.4. The van der Waals surface area contributed by atoms with Gasteiger partial charge in [-0.3, -0.25) is 9.69 Å². The Labute approximate surface area is 189 Å². The number of fused-ring (bicyclic) bond motifs is 1. The predicted molar refractivity (Wildman–Crippen MR) is 117 cm³/mol. The summed E-state index contributed by atoms with van der Waals surface area (Å²) < 4.78 is 49.7. The van der Waals surface area contributed by atoms with Crippen molar-refractivity contribution in [1.29, 1.82) is 0 Å². The molecule has 1 atom stereocenters. The summed E-state index contributed by atoms with van der Waals surface area (Å²) in [5.74, 6) is -0.0325. The number of carbonyl (C=O) groups excluding carboxylic acids is 1. The average molecular weight is 459 g/mol. The molecule has 174 valence electrons.